The second kappa shape index (κ2) is 5.51. The predicted octanol–water partition coefficient (Wildman–Crippen LogP) is 0.862. The maximum absolute atomic E-state index is 11.8. The van der Waals surface area contributed by atoms with Gasteiger partial charge < -0.3 is 16.0 Å². The minimum atomic E-state index is -0.456. The van der Waals surface area contributed by atoms with Gasteiger partial charge in [0, 0.05) is 24.7 Å². The fraction of sp³-hybridized carbons (Fsp3) is 0.308. The number of anilines is 2. The monoisotopic (exact) mass is 261 g/mol. The molecule has 3 N–H and O–H groups in total. The summed E-state index contributed by atoms with van der Waals surface area (Å²) in [6.07, 6.45) is 0.911. The normalized spacial score (nSPS) is 17.7. The van der Waals surface area contributed by atoms with Gasteiger partial charge in [-0.1, -0.05) is 0 Å². The van der Waals surface area contributed by atoms with E-state index in [1.165, 1.54) is 6.92 Å². The highest BCUT2D eigenvalue weighted by atomic mass is 16.2. The number of benzene rings is 1. The molecule has 100 valence electrons. The van der Waals surface area contributed by atoms with E-state index in [0.717, 1.165) is 0 Å². The van der Waals surface area contributed by atoms with Crippen LogP contribution in [-0.2, 0) is 14.4 Å². The summed E-state index contributed by atoms with van der Waals surface area (Å²) in [6.45, 7) is 1.43. The quantitative estimate of drug-likeness (QED) is 0.754. The first-order chi connectivity index (χ1) is 9.04. The summed E-state index contributed by atoms with van der Waals surface area (Å²) >= 11 is 0. The lowest BCUT2D eigenvalue weighted by molar-refractivity contribution is -0.122. The molecule has 0 aromatic heterocycles. The third-order valence-electron chi connectivity index (χ3n) is 2.78. The molecule has 1 fully saturated rings. The van der Waals surface area contributed by atoms with Crippen molar-refractivity contribution in [1.29, 1.82) is 0 Å². The number of amides is 3. The molecule has 0 aliphatic carbocycles. The first kappa shape index (κ1) is 13.1. The Morgan fingerprint density at radius 2 is 1.74 bits per heavy atom. The minimum Gasteiger partial charge on any atom is -0.344 e. The van der Waals surface area contributed by atoms with Crippen molar-refractivity contribution in [3.8, 4) is 0 Å². The topological polar surface area (TPSA) is 87.3 Å². The maximum atomic E-state index is 11.8. The first-order valence-corrected chi connectivity index (χ1v) is 6.02. The van der Waals surface area contributed by atoms with Crippen LogP contribution in [0.2, 0.25) is 0 Å². The molecule has 1 aromatic carbocycles. The van der Waals surface area contributed by atoms with E-state index in [2.05, 4.69) is 16.0 Å². The summed E-state index contributed by atoms with van der Waals surface area (Å²) < 4.78 is 0. The third-order valence-corrected chi connectivity index (χ3v) is 2.78. The lowest BCUT2D eigenvalue weighted by Gasteiger charge is -2.11. The largest absolute Gasteiger partial charge is 0.344 e. The first-order valence-electron chi connectivity index (χ1n) is 6.02. The Balaban J connectivity index is 1.94. The highest BCUT2D eigenvalue weighted by Gasteiger charge is 2.26. The fourth-order valence-corrected chi connectivity index (χ4v) is 1.88. The zero-order valence-electron chi connectivity index (χ0n) is 10.5. The van der Waals surface area contributed by atoms with Crippen LogP contribution in [0.3, 0.4) is 0 Å². The molecule has 0 bridgehead atoms. The van der Waals surface area contributed by atoms with Crippen LogP contribution in [0.15, 0.2) is 24.3 Å². The molecule has 1 heterocycles. The van der Waals surface area contributed by atoms with Gasteiger partial charge in [0.1, 0.15) is 6.04 Å². The molecule has 1 unspecified atom stereocenters. The standard InChI is InChI=1S/C13H15N3O3/c1-8(17)14-9-2-4-10(5-3-9)15-13(19)11-6-7-12(18)16-11/h2-5,11H,6-7H2,1H3,(H,14,17)(H,15,19)(H,16,18). The van der Waals surface area contributed by atoms with Gasteiger partial charge in [-0.25, -0.2) is 0 Å². The zero-order valence-corrected chi connectivity index (χ0v) is 10.5. The Morgan fingerprint density at radius 1 is 1.16 bits per heavy atom. The van der Waals surface area contributed by atoms with Crippen molar-refractivity contribution in [3.05, 3.63) is 24.3 Å². The Hall–Kier alpha value is -2.37. The molecule has 0 saturated carbocycles. The number of carbonyl (C=O) groups excluding carboxylic acids is 3. The molecule has 2 rings (SSSR count). The number of hydrogen-bond acceptors (Lipinski definition) is 3. The molecule has 1 aliphatic rings. The van der Waals surface area contributed by atoms with Gasteiger partial charge in [-0.2, -0.15) is 0 Å². The minimum absolute atomic E-state index is 0.0962. The van der Waals surface area contributed by atoms with Crippen LogP contribution in [0.5, 0.6) is 0 Å². The number of carbonyl (C=O) groups is 3. The van der Waals surface area contributed by atoms with Crippen LogP contribution in [0.4, 0.5) is 11.4 Å². The molecule has 1 aliphatic heterocycles. The summed E-state index contributed by atoms with van der Waals surface area (Å²) in [7, 11) is 0. The van der Waals surface area contributed by atoms with E-state index >= 15 is 0 Å². The van der Waals surface area contributed by atoms with Gasteiger partial charge in [0.25, 0.3) is 0 Å². The zero-order chi connectivity index (χ0) is 13.8. The van der Waals surface area contributed by atoms with E-state index in [1.54, 1.807) is 24.3 Å². The van der Waals surface area contributed by atoms with E-state index in [9.17, 15) is 14.4 Å². The molecule has 19 heavy (non-hydrogen) atoms. The molecule has 1 atom stereocenters. The highest BCUT2D eigenvalue weighted by molar-refractivity contribution is 5.99. The van der Waals surface area contributed by atoms with Crippen molar-refractivity contribution in [2.75, 3.05) is 10.6 Å². The Labute approximate surface area is 110 Å². The Kier molecular flexibility index (Phi) is 3.79. The van der Waals surface area contributed by atoms with Gasteiger partial charge >= 0.3 is 0 Å². The van der Waals surface area contributed by atoms with Gasteiger partial charge in [0.05, 0.1) is 0 Å². The summed E-state index contributed by atoms with van der Waals surface area (Å²) in [5.74, 6) is -0.468. The van der Waals surface area contributed by atoms with Crippen LogP contribution in [0, 0.1) is 0 Å². The fourth-order valence-electron chi connectivity index (χ4n) is 1.88. The molecule has 1 saturated heterocycles. The second-order valence-corrected chi connectivity index (χ2v) is 4.41. The van der Waals surface area contributed by atoms with Gasteiger partial charge in [-0.3, -0.25) is 14.4 Å². The van der Waals surface area contributed by atoms with E-state index in [0.29, 0.717) is 24.2 Å². The molecule has 0 radical (unpaired) electrons. The van der Waals surface area contributed by atoms with E-state index in [-0.39, 0.29) is 17.7 Å². The van der Waals surface area contributed by atoms with E-state index in [1.807, 2.05) is 0 Å². The second-order valence-electron chi connectivity index (χ2n) is 4.41. The average Bonchev–Trinajstić information content (AvgIpc) is 2.78. The van der Waals surface area contributed by atoms with Crippen LogP contribution < -0.4 is 16.0 Å². The van der Waals surface area contributed by atoms with Crippen molar-refractivity contribution in [3.63, 3.8) is 0 Å². The summed E-state index contributed by atoms with van der Waals surface area (Å²) in [6, 6.07) is 6.33. The highest BCUT2D eigenvalue weighted by Crippen LogP contribution is 2.15. The third kappa shape index (κ3) is 3.54. The van der Waals surface area contributed by atoms with Gasteiger partial charge in [0.2, 0.25) is 17.7 Å². The van der Waals surface area contributed by atoms with Crippen LogP contribution >= 0.6 is 0 Å². The van der Waals surface area contributed by atoms with Crippen molar-refractivity contribution >= 4 is 29.1 Å². The average molecular weight is 261 g/mol. The van der Waals surface area contributed by atoms with Crippen molar-refractivity contribution < 1.29 is 14.4 Å². The molecular weight excluding hydrogens is 246 g/mol. The predicted molar refractivity (Wildman–Crippen MR) is 70.5 cm³/mol. The smallest absolute Gasteiger partial charge is 0.246 e. The Morgan fingerprint density at radius 3 is 2.21 bits per heavy atom. The molecule has 3 amide bonds. The van der Waals surface area contributed by atoms with Crippen LogP contribution in [0.25, 0.3) is 0 Å². The lowest BCUT2D eigenvalue weighted by atomic mass is 10.2. The Bertz CT molecular complexity index is 510. The SMILES string of the molecule is CC(=O)Nc1ccc(NC(=O)C2CCC(=O)N2)cc1. The van der Waals surface area contributed by atoms with E-state index in [4.69, 9.17) is 0 Å². The van der Waals surface area contributed by atoms with Gasteiger partial charge in [-0.15, -0.1) is 0 Å². The van der Waals surface area contributed by atoms with Crippen LogP contribution in [0.1, 0.15) is 19.8 Å². The molecule has 1 aromatic rings. The van der Waals surface area contributed by atoms with Crippen molar-refractivity contribution in [2.45, 2.75) is 25.8 Å². The van der Waals surface area contributed by atoms with Gasteiger partial charge in [0.15, 0.2) is 0 Å². The molecule has 0 spiro atoms. The number of rotatable bonds is 3. The lowest BCUT2D eigenvalue weighted by Crippen LogP contribution is -2.37. The van der Waals surface area contributed by atoms with Crippen LogP contribution in [-0.4, -0.2) is 23.8 Å². The van der Waals surface area contributed by atoms with E-state index < -0.39 is 6.04 Å². The maximum Gasteiger partial charge on any atom is 0.246 e. The van der Waals surface area contributed by atoms with Crippen molar-refractivity contribution in [1.82, 2.24) is 5.32 Å². The number of hydrogen-bond donors (Lipinski definition) is 3. The summed E-state index contributed by atoms with van der Waals surface area (Å²) in [5.41, 5.74) is 1.29. The molecular formula is C13H15N3O3. The summed E-state index contributed by atoms with van der Waals surface area (Å²) in [5, 5.41) is 7.96. The summed E-state index contributed by atoms with van der Waals surface area (Å²) in [4.78, 5) is 33.7. The molecule has 6 heteroatoms. The number of nitrogens with one attached hydrogen (secondary N) is 3. The molecule has 6 nitrogen and oxygen atoms in total. The van der Waals surface area contributed by atoms with Crippen molar-refractivity contribution in [2.24, 2.45) is 0 Å². The van der Waals surface area contributed by atoms with Gasteiger partial charge in [-0.05, 0) is 30.7 Å².